The van der Waals surface area contributed by atoms with E-state index in [0.717, 1.165) is 23.4 Å². The van der Waals surface area contributed by atoms with Crippen molar-refractivity contribution in [3.63, 3.8) is 0 Å². The molecular formula is C20H18FN5O. The monoisotopic (exact) mass is 363 g/mol. The molecule has 1 aromatic carbocycles. The average Bonchev–Trinajstić information content (AvgIpc) is 3.03. The van der Waals surface area contributed by atoms with Gasteiger partial charge in [0.15, 0.2) is 5.65 Å². The van der Waals surface area contributed by atoms with E-state index < -0.39 is 5.82 Å². The molecule has 0 fully saturated rings. The molecule has 4 aromatic rings. The maximum atomic E-state index is 13.6. The van der Waals surface area contributed by atoms with E-state index >= 15 is 0 Å². The van der Waals surface area contributed by atoms with Gasteiger partial charge in [-0.25, -0.2) is 9.37 Å². The van der Waals surface area contributed by atoms with Gasteiger partial charge in [-0.05, 0) is 37.1 Å². The Morgan fingerprint density at radius 1 is 1.15 bits per heavy atom. The maximum Gasteiger partial charge on any atom is 0.160 e. The summed E-state index contributed by atoms with van der Waals surface area (Å²) in [6, 6.07) is 10.4. The zero-order valence-electron chi connectivity index (χ0n) is 14.7. The zero-order chi connectivity index (χ0) is 18.8. The molecule has 0 saturated heterocycles. The van der Waals surface area contributed by atoms with Gasteiger partial charge in [-0.1, -0.05) is 12.1 Å². The van der Waals surface area contributed by atoms with E-state index in [-0.39, 0.29) is 5.75 Å². The SMILES string of the molecule is Cc1cnn2c(NCCc3cccc(O)c3)cc(-c3cncc(F)c3)nc12. The molecule has 2 N–H and O–H groups in total. The molecule has 0 aliphatic rings. The molecule has 6 nitrogen and oxygen atoms in total. The summed E-state index contributed by atoms with van der Waals surface area (Å²) in [7, 11) is 0. The number of aryl methyl sites for hydroxylation is 1. The topological polar surface area (TPSA) is 75.3 Å². The van der Waals surface area contributed by atoms with Gasteiger partial charge in [0.2, 0.25) is 0 Å². The third-order valence-electron chi connectivity index (χ3n) is 4.28. The van der Waals surface area contributed by atoms with E-state index in [9.17, 15) is 9.50 Å². The van der Waals surface area contributed by atoms with Crippen LogP contribution >= 0.6 is 0 Å². The minimum absolute atomic E-state index is 0.252. The molecule has 0 bridgehead atoms. The molecule has 0 aliphatic heterocycles. The number of halogens is 1. The number of aromatic nitrogens is 4. The summed E-state index contributed by atoms with van der Waals surface area (Å²) in [6.07, 6.45) is 5.23. The summed E-state index contributed by atoms with van der Waals surface area (Å²) in [5.41, 5.74) is 3.89. The second-order valence-corrected chi connectivity index (χ2v) is 6.33. The van der Waals surface area contributed by atoms with E-state index in [1.165, 1.54) is 12.3 Å². The third kappa shape index (κ3) is 3.57. The highest BCUT2D eigenvalue weighted by Gasteiger charge is 2.11. The Morgan fingerprint density at radius 2 is 2.04 bits per heavy atom. The van der Waals surface area contributed by atoms with E-state index in [2.05, 4.69) is 20.4 Å². The Balaban J connectivity index is 1.64. The van der Waals surface area contributed by atoms with Crippen molar-refractivity contribution in [2.75, 3.05) is 11.9 Å². The quantitative estimate of drug-likeness (QED) is 0.567. The van der Waals surface area contributed by atoms with E-state index in [4.69, 9.17) is 0 Å². The summed E-state index contributed by atoms with van der Waals surface area (Å²) in [6.45, 7) is 2.57. The van der Waals surface area contributed by atoms with Crippen LogP contribution in [0, 0.1) is 12.7 Å². The predicted molar refractivity (Wildman–Crippen MR) is 101 cm³/mol. The molecule has 0 amide bonds. The van der Waals surface area contributed by atoms with Crippen LogP contribution in [0.2, 0.25) is 0 Å². The van der Waals surface area contributed by atoms with Crippen LogP contribution in [0.4, 0.5) is 10.2 Å². The fourth-order valence-corrected chi connectivity index (χ4v) is 2.95. The Morgan fingerprint density at radius 3 is 2.85 bits per heavy atom. The summed E-state index contributed by atoms with van der Waals surface area (Å²) >= 11 is 0. The van der Waals surface area contributed by atoms with Crippen molar-refractivity contribution >= 4 is 11.5 Å². The Hall–Kier alpha value is -3.48. The van der Waals surface area contributed by atoms with Crippen molar-refractivity contribution in [3.05, 3.63) is 71.9 Å². The van der Waals surface area contributed by atoms with Gasteiger partial charge in [-0.3, -0.25) is 4.98 Å². The lowest BCUT2D eigenvalue weighted by molar-refractivity contribution is 0.474. The van der Waals surface area contributed by atoms with Crippen LogP contribution in [-0.4, -0.2) is 31.2 Å². The highest BCUT2D eigenvalue weighted by molar-refractivity contribution is 5.67. The second kappa shape index (κ2) is 7.03. The van der Waals surface area contributed by atoms with Crippen LogP contribution in [0.3, 0.4) is 0 Å². The number of aromatic hydroxyl groups is 1. The number of phenolic OH excluding ortho intramolecular Hbond substituents is 1. The lowest BCUT2D eigenvalue weighted by Crippen LogP contribution is -2.10. The van der Waals surface area contributed by atoms with Gasteiger partial charge in [-0.15, -0.1) is 0 Å². The molecule has 0 spiro atoms. The molecule has 3 heterocycles. The maximum absolute atomic E-state index is 13.6. The average molecular weight is 363 g/mol. The summed E-state index contributed by atoms with van der Waals surface area (Å²) in [4.78, 5) is 8.51. The number of nitrogens with zero attached hydrogens (tertiary/aromatic N) is 4. The van der Waals surface area contributed by atoms with Gasteiger partial charge in [0.25, 0.3) is 0 Å². The number of nitrogens with one attached hydrogen (secondary N) is 1. The number of rotatable bonds is 5. The summed E-state index contributed by atoms with van der Waals surface area (Å²) in [5, 5.41) is 17.3. The van der Waals surface area contributed by atoms with Crippen molar-refractivity contribution in [1.82, 2.24) is 19.6 Å². The standard InChI is InChI=1S/C20H18FN5O/c1-13-10-24-26-19(23-6-5-14-3-2-4-17(27)7-14)9-18(25-20(13)26)15-8-16(21)12-22-11-15/h2-4,7-12,23,27H,5-6H2,1H3. The van der Waals surface area contributed by atoms with Crippen molar-refractivity contribution in [2.45, 2.75) is 13.3 Å². The largest absolute Gasteiger partial charge is 0.508 e. The first-order valence-electron chi connectivity index (χ1n) is 8.58. The fourth-order valence-electron chi connectivity index (χ4n) is 2.95. The number of hydrogen-bond acceptors (Lipinski definition) is 5. The lowest BCUT2D eigenvalue weighted by Gasteiger charge is -2.11. The fraction of sp³-hybridized carbons (Fsp3) is 0.150. The van der Waals surface area contributed by atoms with Crippen molar-refractivity contribution < 1.29 is 9.50 Å². The molecule has 7 heteroatoms. The Labute approximate surface area is 155 Å². The number of anilines is 1. The number of fused-ring (bicyclic) bond motifs is 1. The normalized spacial score (nSPS) is 11.0. The van der Waals surface area contributed by atoms with Crippen molar-refractivity contribution in [1.29, 1.82) is 0 Å². The Kier molecular flexibility index (Phi) is 4.42. The first-order valence-corrected chi connectivity index (χ1v) is 8.58. The second-order valence-electron chi connectivity index (χ2n) is 6.33. The number of hydrogen-bond donors (Lipinski definition) is 2. The predicted octanol–water partition coefficient (Wildman–Crippen LogP) is 3.60. The van der Waals surface area contributed by atoms with Gasteiger partial charge >= 0.3 is 0 Å². The summed E-state index contributed by atoms with van der Waals surface area (Å²) in [5.74, 6) is 0.604. The number of pyridine rings is 1. The molecule has 0 unspecified atom stereocenters. The van der Waals surface area contributed by atoms with E-state index in [0.29, 0.717) is 23.4 Å². The molecule has 3 aromatic heterocycles. The van der Waals surface area contributed by atoms with Crippen LogP contribution in [0.15, 0.2) is 55.0 Å². The summed E-state index contributed by atoms with van der Waals surface area (Å²) < 4.78 is 15.3. The Bertz CT molecular complexity index is 1110. The molecule has 0 atom stereocenters. The zero-order valence-corrected chi connectivity index (χ0v) is 14.7. The van der Waals surface area contributed by atoms with Gasteiger partial charge in [0.05, 0.1) is 18.1 Å². The van der Waals surface area contributed by atoms with Crippen LogP contribution in [0.25, 0.3) is 16.9 Å². The highest BCUT2D eigenvalue weighted by Crippen LogP contribution is 2.23. The van der Waals surface area contributed by atoms with Gasteiger partial charge in [0.1, 0.15) is 17.4 Å². The molecule has 27 heavy (non-hydrogen) atoms. The van der Waals surface area contributed by atoms with E-state index in [1.54, 1.807) is 29.0 Å². The van der Waals surface area contributed by atoms with Crippen LogP contribution in [0.5, 0.6) is 5.75 Å². The molecule has 0 saturated carbocycles. The van der Waals surface area contributed by atoms with Crippen LogP contribution in [-0.2, 0) is 6.42 Å². The van der Waals surface area contributed by atoms with Gasteiger partial charge in [0, 0.05) is 29.9 Å². The number of benzene rings is 1. The van der Waals surface area contributed by atoms with Crippen LogP contribution < -0.4 is 5.32 Å². The third-order valence-corrected chi connectivity index (χ3v) is 4.28. The molecule has 136 valence electrons. The lowest BCUT2D eigenvalue weighted by atomic mass is 10.1. The first-order chi connectivity index (χ1) is 13.1. The van der Waals surface area contributed by atoms with Gasteiger partial charge in [-0.2, -0.15) is 9.61 Å². The minimum Gasteiger partial charge on any atom is -0.508 e. The molecule has 4 rings (SSSR count). The van der Waals surface area contributed by atoms with Crippen molar-refractivity contribution in [3.8, 4) is 17.0 Å². The molecule has 0 aliphatic carbocycles. The molecule has 0 radical (unpaired) electrons. The van der Waals surface area contributed by atoms with E-state index in [1.807, 2.05) is 25.1 Å². The van der Waals surface area contributed by atoms with Gasteiger partial charge < -0.3 is 10.4 Å². The van der Waals surface area contributed by atoms with Crippen molar-refractivity contribution in [2.24, 2.45) is 0 Å². The molecular weight excluding hydrogens is 345 g/mol. The smallest absolute Gasteiger partial charge is 0.160 e. The highest BCUT2D eigenvalue weighted by atomic mass is 19.1. The first kappa shape index (κ1) is 17.0. The van der Waals surface area contributed by atoms with Crippen LogP contribution in [0.1, 0.15) is 11.1 Å². The minimum atomic E-state index is -0.405. The number of phenols is 1.